The van der Waals surface area contributed by atoms with Crippen LogP contribution in [0.5, 0.6) is 0 Å². The summed E-state index contributed by atoms with van der Waals surface area (Å²) in [5.74, 6) is -2.94. The summed E-state index contributed by atoms with van der Waals surface area (Å²) in [6.07, 6.45) is -3.86. The van der Waals surface area contributed by atoms with Gasteiger partial charge in [0.15, 0.2) is 0 Å². The van der Waals surface area contributed by atoms with Crippen molar-refractivity contribution in [3.63, 3.8) is 0 Å². The number of carbonyl (C=O) groups excluding carboxylic acids is 2. The Kier molecular flexibility index (Phi) is 9.00. The number of rotatable bonds is 8. The fraction of sp³-hybridized carbons (Fsp3) is 0.333. The minimum absolute atomic E-state index is 0.0184. The molecule has 0 amide bonds. The molecule has 2 aromatic carbocycles. The minimum Gasteiger partial charge on any atom is -0.466 e. The number of dihydropyridines is 1. The molecule has 2 atom stereocenters. The lowest BCUT2D eigenvalue weighted by molar-refractivity contribution is -0.141. The first-order chi connectivity index (χ1) is 17.1. The topological polar surface area (TPSA) is 64.6 Å². The molecule has 0 aliphatic carbocycles. The number of halogens is 4. The van der Waals surface area contributed by atoms with Gasteiger partial charge in [0.25, 0.3) is 0 Å². The summed E-state index contributed by atoms with van der Waals surface area (Å²) in [6.45, 7) is 3.21. The number of ether oxygens (including phenoxy) is 2. The second-order valence-corrected chi connectivity index (χ2v) is 9.31. The first kappa shape index (κ1) is 27.5. The van der Waals surface area contributed by atoms with E-state index in [0.29, 0.717) is 24.2 Å². The Morgan fingerprint density at radius 3 is 2.28 bits per heavy atom. The first-order valence-electron chi connectivity index (χ1n) is 11.4. The third-order valence-corrected chi connectivity index (χ3v) is 6.92. The van der Waals surface area contributed by atoms with E-state index in [-0.39, 0.29) is 28.1 Å². The predicted octanol–water partition coefficient (Wildman–Crippen LogP) is 6.57. The minimum atomic E-state index is -4.70. The number of methoxy groups -OCH3 is 1. The quantitative estimate of drug-likeness (QED) is 0.289. The molecule has 0 bridgehead atoms. The highest BCUT2D eigenvalue weighted by Crippen LogP contribution is 2.45. The number of benzene rings is 2. The molecular weight excluding hydrogens is 539 g/mol. The van der Waals surface area contributed by atoms with Crippen LogP contribution in [0.1, 0.15) is 54.1 Å². The first-order valence-corrected chi connectivity index (χ1v) is 12.3. The lowest BCUT2D eigenvalue weighted by Crippen LogP contribution is -2.34. The van der Waals surface area contributed by atoms with Gasteiger partial charge in [-0.15, -0.1) is 0 Å². The number of hydrogen-bond donors (Lipinski definition) is 1. The van der Waals surface area contributed by atoms with E-state index >= 15 is 0 Å². The van der Waals surface area contributed by atoms with Crippen LogP contribution in [0.2, 0.25) is 0 Å². The average Bonchev–Trinajstić information content (AvgIpc) is 2.86. The zero-order valence-corrected chi connectivity index (χ0v) is 21.7. The van der Waals surface area contributed by atoms with Gasteiger partial charge in [-0.25, -0.2) is 9.59 Å². The van der Waals surface area contributed by atoms with E-state index in [0.717, 1.165) is 18.7 Å². The average molecular weight is 566 g/mol. The maximum Gasteiger partial charge on any atom is 0.416 e. The van der Waals surface area contributed by atoms with Crippen molar-refractivity contribution in [2.24, 2.45) is 0 Å². The number of esters is 2. The highest BCUT2D eigenvalue weighted by Gasteiger charge is 2.43. The molecule has 3 rings (SSSR count). The van der Waals surface area contributed by atoms with Crippen LogP contribution < -0.4 is 5.32 Å². The normalized spacial score (nSPS) is 16.9. The van der Waals surface area contributed by atoms with Crippen molar-refractivity contribution in [2.45, 2.75) is 43.6 Å². The van der Waals surface area contributed by atoms with Crippen LogP contribution >= 0.6 is 15.9 Å². The largest absolute Gasteiger partial charge is 0.466 e. The monoisotopic (exact) mass is 565 g/mol. The zero-order chi connectivity index (χ0) is 26.5. The Balaban J connectivity index is 2.18. The van der Waals surface area contributed by atoms with Gasteiger partial charge in [-0.2, -0.15) is 13.2 Å². The van der Waals surface area contributed by atoms with E-state index in [1.54, 1.807) is 13.8 Å². The molecular formula is C27H27BrF3NO4. The number of alkyl halides is 4. The van der Waals surface area contributed by atoms with Crippen LogP contribution in [-0.2, 0) is 25.2 Å². The molecule has 0 aromatic heterocycles. The van der Waals surface area contributed by atoms with E-state index in [1.807, 2.05) is 30.3 Å². The van der Waals surface area contributed by atoms with Crippen molar-refractivity contribution in [3.05, 3.63) is 93.8 Å². The summed E-state index contributed by atoms with van der Waals surface area (Å²) in [5, 5.41) is 3.09. The van der Waals surface area contributed by atoms with Gasteiger partial charge in [0.2, 0.25) is 0 Å². The Hall–Kier alpha value is -3.07. The highest BCUT2D eigenvalue weighted by molar-refractivity contribution is 9.09. The molecule has 2 aromatic rings. The number of allylic oxidation sites excluding steroid dienone is 2. The molecule has 0 spiro atoms. The SMILES string of the molecule is CCOC(=O)C1=C(CCC(Br)c2ccccc2)NC(C)=C(C(=O)OC)C1c1ccccc1C(F)(F)F. The summed E-state index contributed by atoms with van der Waals surface area (Å²) >= 11 is 3.66. The summed E-state index contributed by atoms with van der Waals surface area (Å²) < 4.78 is 52.3. The Morgan fingerprint density at radius 1 is 1.03 bits per heavy atom. The maximum atomic E-state index is 14.0. The second-order valence-electron chi connectivity index (χ2n) is 8.20. The van der Waals surface area contributed by atoms with E-state index in [4.69, 9.17) is 9.47 Å². The molecule has 0 radical (unpaired) electrons. The smallest absolute Gasteiger partial charge is 0.416 e. The van der Waals surface area contributed by atoms with Gasteiger partial charge >= 0.3 is 18.1 Å². The van der Waals surface area contributed by atoms with Crippen molar-refractivity contribution in [1.82, 2.24) is 5.32 Å². The molecule has 192 valence electrons. The number of carbonyl (C=O) groups is 2. The van der Waals surface area contributed by atoms with Gasteiger partial charge in [0.05, 0.1) is 36.3 Å². The summed E-state index contributed by atoms with van der Waals surface area (Å²) in [5.41, 5.74) is 0.485. The summed E-state index contributed by atoms with van der Waals surface area (Å²) in [7, 11) is 1.15. The van der Waals surface area contributed by atoms with E-state index < -0.39 is 29.6 Å². The molecule has 0 saturated heterocycles. The van der Waals surface area contributed by atoms with Gasteiger partial charge in [-0.05, 0) is 43.9 Å². The molecule has 1 aliphatic rings. The van der Waals surface area contributed by atoms with Gasteiger partial charge in [-0.1, -0.05) is 64.5 Å². The van der Waals surface area contributed by atoms with Crippen LogP contribution in [0.25, 0.3) is 0 Å². The van der Waals surface area contributed by atoms with Crippen molar-refractivity contribution in [2.75, 3.05) is 13.7 Å². The highest BCUT2D eigenvalue weighted by atomic mass is 79.9. The Morgan fingerprint density at radius 2 is 1.67 bits per heavy atom. The van der Waals surface area contributed by atoms with Gasteiger partial charge in [0.1, 0.15) is 0 Å². The number of hydrogen-bond acceptors (Lipinski definition) is 5. The van der Waals surface area contributed by atoms with Crippen LogP contribution in [0.4, 0.5) is 13.2 Å². The van der Waals surface area contributed by atoms with Gasteiger partial charge in [0, 0.05) is 16.2 Å². The van der Waals surface area contributed by atoms with Crippen LogP contribution in [0.15, 0.2) is 77.1 Å². The van der Waals surface area contributed by atoms with E-state index in [2.05, 4.69) is 21.2 Å². The molecule has 0 saturated carbocycles. The molecule has 1 heterocycles. The summed E-state index contributed by atoms with van der Waals surface area (Å²) in [4.78, 5) is 26.0. The van der Waals surface area contributed by atoms with Crippen LogP contribution in [0, 0.1) is 0 Å². The van der Waals surface area contributed by atoms with Crippen molar-refractivity contribution < 1.29 is 32.2 Å². The Bertz CT molecular complexity index is 1180. The second kappa shape index (κ2) is 11.8. The predicted molar refractivity (Wildman–Crippen MR) is 133 cm³/mol. The fourth-order valence-corrected chi connectivity index (χ4v) is 4.88. The molecule has 1 aliphatic heterocycles. The zero-order valence-electron chi connectivity index (χ0n) is 20.1. The third-order valence-electron chi connectivity index (χ3n) is 5.93. The third kappa shape index (κ3) is 6.00. The molecule has 36 heavy (non-hydrogen) atoms. The molecule has 2 unspecified atom stereocenters. The fourth-order valence-electron chi connectivity index (χ4n) is 4.34. The Labute approximate surface area is 216 Å². The van der Waals surface area contributed by atoms with Gasteiger partial charge in [-0.3, -0.25) is 0 Å². The van der Waals surface area contributed by atoms with Gasteiger partial charge < -0.3 is 14.8 Å². The molecule has 1 N–H and O–H groups in total. The van der Waals surface area contributed by atoms with Crippen LogP contribution in [0.3, 0.4) is 0 Å². The molecule has 9 heteroatoms. The lowest BCUT2D eigenvalue weighted by Gasteiger charge is -2.33. The standard InChI is InChI=1S/C27H27BrF3NO4/c1-4-36-26(34)24-21(15-14-20(28)17-10-6-5-7-11-17)32-16(2)22(25(33)35-3)23(24)18-12-8-9-13-19(18)27(29,30)31/h5-13,20,23,32H,4,14-15H2,1-3H3. The van der Waals surface area contributed by atoms with Crippen molar-refractivity contribution in [1.29, 1.82) is 0 Å². The van der Waals surface area contributed by atoms with Crippen LogP contribution in [-0.4, -0.2) is 25.7 Å². The van der Waals surface area contributed by atoms with E-state index in [1.165, 1.54) is 18.2 Å². The number of nitrogens with one attached hydrogen (secondary N) is 1. The van der Waals surface area contributed by atoms with E-state index in [9.17, 15) is 22.8 Å². The molecule has 0 fully saturated rings. The molecule has 5 nitrogen and oxygen atoms in total. The lowest BCUT2D eigenvalue weighted by atomic mass is 9.77. The maximum absolute atomic E-state index is 14.0. The van der Waals surface area contributed by atoms with Crippen molar-refractivity contribution >= 4 is 27.9 Å². The van der Waals surface area contributed by atoms with Crippen molar-refractivity contribution in [3.8, 4) is 0 Å². The summed E-state index contributed by atoms with van der Waals surface area (Å²) in [6, 6.07) is 14.6.